The van der Waals surface area contributed by atoms with Crippen molar-refractivity contribution in [1.82, 2.24) is 9.88 Å². The summed E-state index contributed by atoms with van der Waals surface area (Å²) in [5, 5.41) is 3.30. The van der Waals surface area contributed by atoms with Crippen LogP contribution in [0.1, 0.15) is 24.0 Å². The van der Waals surface area contributed by atoms with Crippen molar-refractivity contribution in [2.75, 3.05) is 25.5 Å². The summed E-state index contributed by atoms with van der Waals surface area (Å²) in [6.45, 7) is 1.81. The minimum absolute atomic E-state index is 0.0188. The standard InChI is InChI=1S/C27H27ClFN3O3/c1-32-12-9-19(10-13-32)27(34)31-26-17-24(8-11-30-26)35-23-7-4-20(25(28)16-23)15-22(33)14-18-2-5-21(29)6-3-18/h2-8,11,16-17,19H,9-10,12-15H2,1H3,(H,30,31,34). The topological polar surface area (TPSA) is 71.5 Å². The molecule has 1 aliphatic rings. The van der Waals surface area contributed by atoms with E-state index >= 15 is 0 Å². The molecule has 2 heterocycles. The maximum atomic E-state index is 13.0. The maximum absolute atomic E-state index is 13.0. The van der Waals surface area contributed by atoms with Gasteiger partial charge in [0.25, 0.3) is 0 Å². The van der Waals surface area contributed by atoms with E-state index in [0.717, 1.165) is 31.5 Å². The highest BCUT2D eigenvalue weighted by Crippen LogP contribution is 2.28. The predicted octanol–water partition coefficient (Wildman–Crippen LogP) is 5.30. The van der Waals surface area contributed by atoms with E-state index in [0.29, 0.717) is 27.9 Å². The third-order valence-electron chi connectivity index (χ3n) is 6.03. The number of benzene rings is 2. The van der Waals surface area contributed by atoms with Crippen LogP contribution in [0.3, 0.4) is 0 Å². The fraction of sp³-hybridized carbons (Fsp3) is 0.296. The fourth-order valence-electron chi connectivity index (χ4n) is 4.02. The van der Waals surface area contributed by atoms with Crippen molar-refractivity contribution in [3.8, 4) is 11.5 Å². The Hall–Kier alpha value is -3.29. The quantitative estimate of drug-likeness (QED) is 0.459. The minimum Gasteiger partial charge on any atom is -0.457 e. The number of carbonyl (C=O) groups excluding carboxylic acids is 2. The lowest BCUT2D eigenvalue weighted by Crippen LogP contribution is -2.36. The first-order chi connectivity index (χ1) is 16.9. The van der Waals surface area contributed by atoms with E-state index < -0.39 is 0 Å². The maximum Gasteiger partial charge on any atom is 0.228 e. The number of amides is 1. The molecule has 1 saturated heterocycles. The third-order valence-corrected chi connectivity index (χ3v) is 6.39. The lowest BCUT2D eigenvalue weighted by molar-refractivity contribution is -0.121. The molecule has 8 heteroatoms. The van der Waals surface area contributed by atoms with Gasteiger partial charge in [0.1, 0.15) is 28.9 Å². The molecule has 1 aliphatic heterocycles. The summed E-state index contributed by atoms with van der Waals surface area (Å²) in [5.41, 5.74) is 1.44. The molecule has 1 N–H and O–H groups in total. The van der Waals surface area contributed by atoms with Gasteiger partial charge in [0, 0.05) is 36.0 Å². The molecule has 35 heavy (non-hydrogen) atoms. The zero-order valence-electron chi connectivity index (χ0n) is 19.5. The highest BCUT2D eigenvalue weighted by molar-refractivity contribution is 6.31. The number of carbonyl (C=O) groups is 2. The van der Waals surface area contributed by atoms with E-state index in [9.17, 15) is 14.0 Å². The summed E-state index contributed by atoms with van der Waals surface area (Å²) in [7, 11) is 2.06. The van der Waals surface area contributed by atoms with E-state index in [1.54, 1.807) is 48.7 Å². The first-order valence-electron chi connectivity index (χ1n) is 11.5. The number of nitrogens with zero attached hydrogens (tertiary/aromatic N) is 2. The number of aromatic nitrogens is 1. The summed E-state index contributed by atoms with van der Waals surface area (Å²) >= 11 is 6.41. The summed E-state index contributed by atoms with van der Waals surface area (Å²) in [4.78, 5) is 31.4. The van der Waals surface area contributed by atoms with Crippen molar-refractivity contribution in [3.05, 3.63) is 82.8 Å². The highest BCUT2D eigenvalue weighted by atomic mass is 35.5. The van der Waals surface area contributed by atoms with Crippen LogP contribution in [0.4, 0.5) is 10.2 Å². The molecule has 1 amide bonds. The monoisotopic (exact) mass is 495 g/mol. The zero-order valence-corrected chi connectivity index (χ0v) is 20.2. The number of pyridine rings is 1. The molecule has 0 atom stereocenters. The third kappa shape index (κ3) is 7.10. The van der Waals surface area contributed by atoms with Crippen LogP contribution < -0.4 is 10.1 Å². The molecule has 0 aliphatic carbocycles. The Labute approximate surface area is 209 Å². The number of likely N-dealkylation sites (tertiary alicyclic amines) is 1. The van der Waals surface area contributed by atoms with Gasteiger partial charge in [0.15, 0.2) is 0 Å². The molecule has 0 spiro atoms. The summed E-state index contributed by atoms with van der Waals surface area (Å²) in [6.07, 6.45) is 3.60. The van der Waals surface area contributed by atoms with Crippen LogP contribution in [0.5, 0.6) is 11.5 Å². The van der Waals surface area contributed by atoms with Gasteiger partial charge in [0.05, 0.1) is 0 Å². The van der Waals surface area contributed by atoms with Crippen LogP contribution in [0.2, 0.25) is 5.02 Å². The van der Waals surface area contributed by atoms with E-state index in [1.807, 2.05) is 0 Å². The molecule has 6 nitrogen and oxygen atoms in total. The van der Waals surface area contributed by atoms with Crippen LogP contribution >= 0.6 is 11.6 Å². The van der Waals surface area contributed by atoms with E-state index in [-0.39, 0.29) is 36.3 Å². The second-order valence-electron chi connectivity index (χ2n) is 8.82. The lowest BCUT2D eigenvalue weighted by atomic mass is 9.96. The average Bonchev–Trinajstić information content (AvgIpc) is 2.83. The molecule has 1 fully saturated rings. The number of anilines is 1. The molecule has 0 bridgehead atoms. The van der Waals surface area contributed by atoms with E-state index in [1.165, 1.54) is 12.1 Å². The normalized spacial score (nSPS) is 14.5. The highest BCUT2D eigenvalue weighted by Gasteiger charge is 2.23. The Bertz CT molecular complexity index is 1190. The molecular weight excluding hydrogens is 469 g/mol. The van der Waals surface area contributed by atoms with Crippen molar-refractivity contribution in [2.24, 2.45) is 5.92 Å². The Morgan fingerprint density at radius 2 is 1.77 bits per heavy atom. The van der Waals surface area contributed by atoms with Gasteiger partial charge in [-0.05, 0) is 74.4 Å². The average molecular weight is 496 g/mol. The summed E-state index contributed by atoms with van der Waals surface area (Å²) in [5.74, 6) is 1.04. The second-order valence-corrected chi connectivity index (χ2v) is 9.22. The largest absolute Gasteiger partial charge is 0.457 e. The van der Waals surface area contributed by atoms with E-state index in [2.05, 4.69) is 22.2 Å². The number of hydrogen-bond donors (Lipinski definition) is 1. The molecule has 2 aromatic carbocycles. The molecule has 3 aromatic rings. The lowest BCUT2D eigenvalue weighted by Gasteiger charge is -2.27. The SMILES string of the molecule is CN1CCC(C(=O)Nc2cc(Oc3ccc(CC(=O)Cc4ccc(F)cc4)c(Cl)c3)ccn2)CC1. The van der Waals surface area contributed by atoms with E-state index in [4.69, 9.17) is 16.3 Å². The molecule has 0 radical (unpaired) electrons. The minimum atomic E-state index is -0.333. The van der Waals surface area contributed by atoms with Gasteiger partial charge in [0.2, 0.25) is 5.91 Å². The molecule has 0 unspecified atom stereocenters. The van der Waals surface area contributed by atoms with Crippen molar-refractivity contribution in [2.45, 2.75) is 25.7 Å². The van der Waals surface area contributed by atoms with Gasteiger partial charge in [-0.15, -0.1) is 0 Å². The van der Waals surface area contributed by atoms with Crippen molar-refractivity contribution < 1.29 is 18.7 Å². The van der Waals surface area contributed by atoms with Gasteiger partial charge < -0.3 is 15.0 Å². The Morgan fingerprint density at radius 1 is 1.06 bits per heavy atom. The number of ketones is 1. The molecule has 4 rings (SSSR count). The van der Waals surface area contributed by atoms with Crippen LogP contribution in [0.15, 0.2) is 60.8 Å². The number of rotatable bonds is 8. The number of hydrogen-bond acceptors (Lipinski definition) is 5. The Balaban J connectivity index is 1.34. The van der Waals surface area contributed by atoms with Crippen molar-refractivity contribution in [1.29, 1.82) is 0 Å². The van der Waals surface area contributed by atoms with Crippen LogP contribution in [-0.2, 0) is 22.4 Å². The first-order valence-corrected chi connectivity index (χ1v) is 11.9. The van der Waals surface area contributed by atoms with Gasteiger partial charge in [-0.1, -0.05) is 29.8 Å². The van der Waals surface area contributed by atoms with Crippen LogP contribution in [-0.4, -0.2) is 41.7 Å². The number of piperidine rings is 1. The Morgan fingerprint density at radius 3 is 2.49 bits per heavy atom. The number of nitrogens with one attached hydrogen (secondary N) is 1. The predicted molar refractivity (Wildman–Crippen MR) is 133 cm³/mol. The van der Waals surface area contributed by atoms with Gasteiger partial charge in [-0.3, -0.25) is 9.59 Å². The van der Waals surface area contributed by atoms with Gasteiger partial charge in [-0.2, -0.15) is 0 Å². The van der Waals surface area contributed by atoms with Gasteiger partial charge >= 0.3 is 0 Å². The number of halogens is 2. The van der Waals surface area contributed by atoms with Gasteiger partial charge in [-0.25, -0.2) is 9.37 Å². The van der Waals surface area contributed by atoms with Crippen molar-refractivity contribution in [3.63, 3.8) is 0 Å². The zero-order chi connectivity index (χ0) is 24.8. The van der Waals surface area contributed by atoms with Crippen LogP contribution in [0.25, 0.3) is 0 Å². The first kappa shape index (κ1) is 24.8. The summed E-state index contributed by atoms with van der Waals surface area (Å²) < 4.78 is 19.0. The number of ether oxygens (including phenoxy) is 1. The Kier molecular flexibility index (Phi) is 8.10. The van der Waals surface area contributed by atoms with Crippen LogP contribution in [0, 0.1) is 11.7 Å². The molecule has 1 aromatic heterocycles. The molecular formula is C27H27ClFN3O3. The number of Topliss-reactive ketones (excluding diaryl/α,β-unsaturated/α-hetero) is 1. The summed E-state index contributed by atoms with van der Waals surface area (Å²) in [6, 6.07) is 14.4. The fourth-order valence-corrected chi connectivity index (χ4v) is 4.26. The molecule has 182 valence electrons. The second kappa shape index (κ2) is 11.4. The van der Waals surface area contributed by atoms with Crippen molar-refractivity contribution >= 4 is 29.1 Å². The smallest absolute Gasteiger partial charge is 0.228 e. The molecule has 0 saturated carbocycles.